The van der Waals surface area contributed by atoms with Crippen molar-refractivity contribution >= 4 is 5.97 Å². The Balaban J connectivity index is 2.53. The highest BCUT2D eigenvalue weighted by Gasteiger charge is 2.17. The summed E-state index contributed by atoms with van der Waals surface area (Å²) in [6, 6.07) is 4.09. The molecule has 0 aliphatic carbocycles. The minimum absolute atomic E-state index is 0.0748. The molecule has 2 atom stereocenters. The van der Waals surface area contributed by atoms with Crippen molar-refractivity contribution in [2.45, 2.75) is 18.9 Å². The standard InChI is InChI=1S/C14H20O7/c15-6-9(4-14(20)21-8-12(18)7-16)3-10-1-2-11(17)5-13(10)19/h1-2,5,9,12,15-19H,3-4,6-8H2. The van der Waals surface area contributed by atoms with Crippen molar-refractivity contribution in [1.82, 2.24) is 0 Å². The first-order chi connectivity index (χ1) is 9.96. The zero-order valence-corrected chi connectivity index (χ0v) is 11.5. The number of hydrogen-bond donors (Lipinski definition) is 5. The molecular formula is C14H20O7. The largest absolute Gasteiger partial charge is 0.508 e. The molecule has 0 saturated carbocycles. The number of phenols is 2. The van der Waals surface area contributed by atoms with E-state index < -0.39 is 24.6 Å². The highest BCUT2D eigenvalue weighted by molar-refractivity contribution is 5.69. The first-order valence-electron chi connectivity index (χ1n) is 6.52. The number of aromatic hydroxyl groups is 2. The molecule has 1 aromatic rings. The van der Waals surface area contributed by atoms with Crippen LogP contribution < -0.4 is 0 Å². The Morgan fingerprint density at radius 3 is 2.48 bits per heavy atom. The number of carbonyl (C=O) groups excluding carboxylic acids is 1. The Bertz CT molecular complexity index is 461. The van der Waals surface area contributed by atoms with E-state index in [0.29, 0.717) is 5.56 Å². The van der Waals surface area contributed by atoms with Gasteiger partial charge in [0.25, 0.3) is 0 Å². The lowest BCUT2D eigenvalue weighted by Crippen LogP contribution is -2.24. The van der Waals surface area contributed by atoms with Crippen molar-refractivity contribution in [3.05, 3.63) is 23.8 Å². The van der Waals surface area contributed by atoms with Crippen LogP contribution >= 0.6 is 0 Å². The summed E-state index contributed by atoms with van der Waals surface area (Å²) in [6.45, 7) is -1.09. The average Bonchev–Trinajstić information content (AvgIpc) is 2.46. The molecule has 0 bridgehead atoms. The van der Waals surface area contributed by atoms with Gasteiger partial charge in [-0.1, -0.05) is 6.07 Å². The molecular weight excluding hydrogens is 280 g/mol. The molecule has 1 aromatic carbocycles. The molecule has 7 nitrogen and oxygen atoms in total. The number of ether oxygens (including phenoxy) is 1. The summed E-state index contributed by atoms with van der Waals surface area (Å²) < 4.78 is 4.75. The molecule has 7 heteroatoms. The van der Waals surface area contributed by atoms with Gasteiger partial charge in [-0.15, -0.1) is 0 Å². The molecule has 5 N–H and O–H groups in total. The van der Waals surface area contributed by atoms with Crippen molar-refractivity contribution in [2.24, 2.45) is 5.92 Å². The van der Waals surface area contributed by atoms with E-state index in [1.54, 1.807) is 0 Å². The predicted molar refractivity (Wildman–Crippen MR) is 72.7 cm³/mol. The number of aliphatic hydroxyl groups excluding tert-OH is 3. The molecule has 21 heavy (non-hydrogen) atoms. The Kier molecular flexibility index (Phi) is 6.93. The highest BCUT2D eigenvalue weighted by atomic mass is 16.5. The SMILES string of the molecule is O=C(CC(CO)Cc1ccc(O)cc1O)OCC(O)CO. The van der Waals surface area contributed by atoms with Gasteiger partial charge in [0, 0.05) is 12.7 Å². The molecule has 0 aromatic heterocycles. The zero-order valence-electron chi connectivity index (χ0n) is 11.5. The maximum atomic E-state index is 11.5. The second-order valence-electron chi connectivity index (χ2n) is 4.79. The van der Waals surface area contributed by atoms with E-state index >= 15 is 0 Å². The van der Waals surface area contributed by atoms with Gasteiger partial charge in [0.15, 0.2) is 0 Å². The predicted octanol–water partition coefficient (Wildman–Crippen LogP) is -0.465. The van der Waals surface area contributed by atoms with E-state index in [1.165, 1.54) is 18.2 Å². The quantitative estimate of drug-likeness (QED) is 0.411. The van der Waals surface area contributed by atoms with E-state index in [4.69, 9.17) is 14.9 Å². The number of rotatable bonds is 8. The average molecular weight is 300 g/mol. The normalized spacial score (nSPS) is 13.7. The minimum Gasteiger partial charge on any atom is -0.508 e. The van der Waals surface area contributed by atoms with Crippen LogP contribution in [0, 0.1) is 5.92 Å². The van der Waals surface area contributed by atoms with Crippen LogP contribution in [0.1, 0.15) is 12.0 Å². The van der Waals surface area contributed by atoms with Crippen LogP contribution in [0.3, 0.4) is 0 Å². The van der Waals surface area contributed by atoms with Gasteiger partial charge in [0.2, 0.25) is 0 Å². The third-order valence-electron chi connectivity index (χ3n) is 2.94. The smallest absolute Gasteiger partial charge is 0.306 e. The van der Waals surface area contributed by atoms with Crippen molar-refractivity contribution < 1.29 is 35.1 Å². The second-order valence-corrected chi connectivity index (χ2v) is 4.79. The number of phenolic OH excluding ortho intramolecular Hbond substituents is 2. The van der Waals surface area contributed by atoms with Gasteiger partial charge in [-0.25, -0.2) is 0 Å². The zero-order chi connectivity index (χ0) is 15.8. The second kappa shape index (κ2) is 8.46. The summed E-state index contributed by atoms with van der Waals surface area (Å²) >= 11 is 0. The number of benzene rings is 1. The van der Waals surface area contributed by atoms with Crippen molar-refractivity contribution in [2.75, 3.05) is 19.8 Å². The molecule has 0 aliphatic rings. The fourth-order valence-corrected chi connectivity index (χ4v) is 1.77. The van der Waals surface area contributed by atoms with Gasteiger partial charge in [-0.2, -0.15) is 0 Å². The van der Waals surface area contributed by atoms with Crippen LogP contribution in [-0.4, -0.2) is 57.4 Å². The molecule has 0 saturated heterocycles. The number of aliphatic hydroxyl groups is 3. The monoisotopic (exact) mass is 300 g/mol. The first kappa shape index (κ1) is 17.2. The molecule has 0 fully saturated rings. The summed E-state index contributed by atoms with van der Waals surface area (Å²) in [4.78, 5) is 11.5. The van der Waals surface area contributed by atoms with Gasteiger partial charge in [-0.3, -0.25) is 4.79 Å². The summed E-state index contributed by atoms with van der Waals surface area (Å²) in [5, 5.41) is 45.8. The third kappa shape index (κ3) is 5.99. The van der Waals surface area contributed by atoms with Gasteiger partial charge >= 0.3 is 5.97 Å². The summed E-state index contributed by atoms with van der Waals surface area (Å²) in [5.41, 5.74) is 0.495. The van der Waals surface area contributed by atoms with Crippen LogP contribution in [0.4, 0.5) is 0 Å². The Morgan fingerprint density at radius 1 is 1.19 bits per heavy atom. The lowest BCUT2D eigenvalue weighted by Gasteiger charge is -2.15. The van der Waals surface area contributed by atoms with Crippen molar-refractivity contribution in [3.8, 4) is 11.5 Å². The molecule has 0 radical (unpaired) electrons. The first-order valence-corrected chi connectivity index (χ1v) is 6.52. The van der Waals surface area contributed by atoms with E-state index in [-0.39, 0.29) is 37.6 Å². The van der Waals surface area contributed by atoms with Gasteiger partial charge in [0.1, 0.15) is 24.2 Å². The minimum atomic E-state index is -1.12. The fraction of sp³-hybridized carbons (Fsp3) is 0.500. The fourth-order valence-electron chi connectivity index (χ4n) is 1.77. The summed E-state index contributed by atoms with van der Waals surface area (Å²) in [7, 11) is 0. The molecule has 0 aliphatic heterocycles. The van der Waals surface area contributed by atoms with Crippen LogP contribution in [0.25, 0.3) is 0 Å². The Morgan fingerprint density at radius 2 is 1.90 bits per heavy atom. The number of carbonyl (C=O) groups is 1. The van der Waals surface area contributed by atoms with Gasteiger partial charge < -0.3 is 30.3 Å². The number of esters is 1. The van der Waals surface area contributed by atoms with Crippen LogP contribution in [0.5, 0.6) is 11.5 Å². The lowest BCUT2D eigenvalue weighted by atomic mass is 9.96. The molecule has 0 amide bonds. The summed E-state index contributed by atoms with van der Waals surface area (Å²) in [5.74, 6) is -1.26. The molecule has 0 spiro atoms. The van der Waals surface area contributed by atoms with E-state index in [0.717, 1.165) is 0 Å². The van der Waals surface area contributed by atoms with Gasteiger partial charge in [0.05, 0.1) is 13.0 Å². The van der Waals surface area contributed by atoms with Crippen LogP contribution in [-0.2, 0) is 16.0 Å². The summed E-state index contributed by atoms with van der Waals surface area (Å²) in [6.07, 6.45) is -0.974. The Hall–Kier alpha value is -1.83. The van der Waals surface area contributed by atoms with Crippen molar-refractivity contribution in [1.29, 1.82) is 0 Å². The third-order valence-corrected chi connectivity index (χ3v) is 2.94. The highest BCUT2D eigenvalue weighted by Crippen LogP contribution is 2.25. The molecule has 1 rings (SSSR count). The topological polar surface area (TPSA) is 127 Å². The molecule has 0 heterocycles. The van der Waals surface area contributed by atoms with Crippen molar-refractivity contribution in [3.63, 3.8) is 0 Å². The Labute approximate surface area is 122 Å². The van der Waals surface area contributed by atoms with Gasteiger partial charge in [-0.05, 0) is 24.0 Å². The van der Waals surface area contributed by atoms with E-state index in [9.17, 15) is 20.1 Å². The van der Waals surface area contributed by atoms with E-state index in [2.05, 4.69) is 0 Å². The van der Waals surface area contributed by atoms with Crippen LogP contribution in [0.2, 0.25) is 0 Å². The van der Waals surface area contributed by atoms with Crippen LogP contribution in [0.15, 0.2) is 18.2 Å². The molecule has 118 valence electrons. The maximum Gasteiger partial charge on any atom is 0.306 e. The van der Waals surface area contributed by atoms with E-state index in [1.807, 2.05) is 0 Å². The lowest BCUT2D eigenvalue weighted by molar-refractivity contribution is -0.148. The number of hydrogen-bond acceptors (Lipinski definition) is 7. The molecule has 2 unspecified atom stereocenters. The maximum absolute atomic E-state index is 11.5.